The van der Waals surface area contributed by atoms with Gasteiger partial charge in [0.25, 0.3) is 0 Å². The van der Waals surface area contributed by atoms with Gasteiger partial charge in [-0.05, 0) is 50.4 Å². The predicted octanol–water partition coefficient (Wildman–Crippen LogP) is 2.19. The van der Waals surface area contributed by atoms with Gasteiger partial charge in [0.1, 0.15) is 0 Å². The molecular formula is C16H26N2O. The molecule has 1 aliphatic heterocycles. The zero-order valence-electron chi connectivity index (χ0n) is 12.1. The Kier molecular flexibility index (Phi) is 5.23. The molecule has 1 aromatic rings. The van der Waals surface area contributed by atoms with E-state index >= 15 is 0 Å². The van der Waals surface area contributed by atoms with E-state index in [9.17, 15) is 0 Å². The minimum atomic E-state index is 0.259. The SMILES string of the molecule is CCc1ccc(N2CC(CCO)NCCC2C)cc1. The second-order valence-electron chi connectivity index (χ2n) is 5.47. The van der Waals surface area contributed by atoms with Gasteiger partial charge in [0, 0.05) is 30.9 Å². The molecule has 2 atom stereocenters. The van der Waals surface area contributed by atoms with Gasteiger partial charge in [0.05, 0.1) is 0 Å². The molecule has 1 heterocycles. The lowest BCUT2D eigenvalue weighted by molar-refractivity contribution is 0.267. The van der Waals surface area contributed by atoms with Crippen molar-refractivity contribution in [1.29, 1.82) is 0 Å². The fourth-order valence-electron chi connectivity index (χ4n) is 2.77. The quantitative estimate of drug-likeness (QED) is 0.873. The largest absolute Gasteiger partial charge is 0.396 e. The van der Waals surface area contributed by atoms with Crippen molar-refractivity contribution < 1.29 is 5.11 Å². The molecule has 2 N–H and O–H groups in total. The minimum Gasteiger partial charge on any atom is -0.396 e. The van der Waals surface area contributed by atoms with Crippen molar-refractivity contribution in [2.24, 2.45) is 0 Å². The first-order valence-corrected chi connectivity index (χ1v) is 7.44. The summed E-state index contributed by atoms with van der Waals surface area (Å²) in [7, 11) is 0. The number of rotatable bonds is 4. The third kappa shape index (κ3) is 3.71. The van der Waals surface area contributed by atoms with E-state index in [0.717, 1.165) is 32.4 Å². The van der Waals surface area contributed by atoms with Gasteiger partial charge in [0.15, 0.2) is 0 Å². The van der Waals surface area contributed by atoms with Crippen molar-refractivity contribution in [1.82, 2.24) is 5.32 Å². The Labute approximate surface area is 116 Å². The molecule has 2 rings (SSSR count). The standard InChI is InChI=1S/C16H26N2O/c1-3-14-4-6-16(7-5-14)18-12-15(9-11-19)17-10-8-13(18)2/h4-7,13,15,17,19H,3,8-12H2,1-2H3. The van der Waals surface area contributed by atoms with E-state index in [2.05, 4.69) is 48.3 Å². The first kappa shape index (κ1) is 14.4. The first-order chi connectivity index (χ1) is 9.24. The van der Waals surface area contributed by atoms with Crippen LogP contribution in [-0.4, -0.2) is 36.9 Å². The van der Waals surface area contributed by atoms with Crippen LogP contribution in [0.25, 0.3) is 0 Å². The van der Waals surface area contributed by atoms with E-state index in [1.807, 2.05) is 0 Å². The zero-order chi connectivity index (χ0) is 13.7. The van der Waals surface area contributed by atoms with Crippen LogP contribution in [0.2, 0.25) is 0 Å². The lowest BCUT2D eigenvalue weighted by Crippen LogP contribution is -2.40. The van der Waals surface area contributed by atoms with Crippen LogP contribution in [0.15, 0.2) is 24.3 Å². The van der Waals surface area contributed by atoms with Crippen molar-refractivity contribution in [2.75, 3.05) is 24.6 Å². The van der Waals surface area contributed by atoms with Gasteiger partial charge in [0.2, 0.25) is 0 Å². The highest BCUT2D eigenvalue weighted by Gasteiger charge is 2.22. The highest BCUT2D eigenvalue weighted by Crippen LogP contribution is 2.22. The number of hydrogen-bond acceptors (Lipinski definition) is 3. The van der Waals surface area contributed by atoms with Gasteiger partial charge in [-0.2, -0.15) is 0 Å². The third-order valence-electron chi connectivity index (χ3n) is 4.10. The summed E-state index contributed by atoms with van der Waals surface area (Å²) in [6, 6.07) is 9.85. The Hall–Kier alpha value is -1.06. The molecule has 1 aliphatic rings. The van der Waals surface area contributed by atoms with Gasteiger partial charge >= 0.3 is 0 Å². The van der Waals surface area contributed by atoms with Gasteiger partial charge in [-0.15, -0.1) is 0 Å². The number of nitrogens with zero attached hydrogens (tertiary/aromatic N) is 1. The zero-order valence-corrected chi connectivity index (χ0v) is 12.1. The fraction of sp³-hybridized carbons (Fsp3) is 0.625. The molecule has 0 amide bonds. The van der Waals surface area contributed by atoms with Crippen LogP contribution in [0.3, 0.4) is 0 Å². The van der Waals surface area contributed by atoms with Gasteiger partial charge in [-0.25, -0.2) is 0 Å². The van der Waals surface area contributed by atoms with Crippen LogP contribution in [0.1, 0.15) is 32.3 Å². The van der Waals surface area contributed by atoms with Gasteiger partial charge < -0.3 is 15.3 Å². The Morgan fingerprint density at radius 1 is 1.32 bits per heavy atom. The molecule has 3 nitrogen and oxygen atoms in total. The number of aliphatic hydroxyl groups excluding tert-OH is 1. The Bertz CT molecular complexity index is 377. The van der Waals surface area contributed by atoms with Crippen LogP contribution in [0.4, 0.5) is 5.69 Å². The smallest absolute Gasteiger partial charge is 0.0446 e. The fourth-order valence-corrected chi connectivity index (χ4v) is 2.77. The lowest BCUT2D eigenvalue weighted by Gasteiger charge is -2.31. The Balaban J connectivity index is 2.13. The molecule has 0 radical (unpaired) electrons. The Morgan fingerprint density at radius 2 is 2.05 bits per heavy atom. The van der Waals surface area contributed by atoms with E-state index in [-0.39, 0.29) is 6.61 Å². The topological polar surface area (TPSA) is 35.5 Å². The van der Waals surface area contributed by atoms with Gasteiger partial charge in [-0.1, -0.05) is 19.1 Å². The van der Waals surface area contributed by atoms with Crippen LogP contribution in [0.5, 0.6) is 0 Å². The van der Waals surface area contributed by atoms with Crippen molar-refractivity contribution >= 4 is 5.69 Å². The summed E-state index contributed by atoms with van der Waals surface area (Å²) in [4.78, 5) is 2.47. The maximum atomic E-state index is 9.14. The highest BCUT2D eigenvalue weighted by atomic mass is 16.3. The number of anilines is 1. The highest BCUT2D eigenvalue weighted by molar-refractivity contribution is 5.49. The molecular weight excluding hydrogens is 236 g/mol. The predicted molar refractivity (Wildman–Crippen MR) is 80.7 cm³/mol. The van der Waals surface area contributed by atoms with Crippen LogP contribution in [-0.2, 0) is 6.42 Å². The summed E-state index contributed by atoms with van der Waals surface area (Å²) in [6.45, 7) is 6.75. The molecule has 3 heteroatoms. The first-order valence-electron chi connectivity index (χ1n) is 7.44. The van der Waals surface area contributed by atoms with E-state index in [4.69, 9.17) is 5.11 Å². The molecule has 0 aromatic heterocycles. The van der Waals surface area contributed by atoms with E-state index < -0.39 is 0 Å². The van der Waals surface area contributed by atoms with Crippen LogP contribution >= 0.6 is 0 Å². The monoisotopic (exact) mass is 262 g/mol. The molecule has 0 spiro atoms. The van der Waals surface area contributed by atoms with Crippen LogP contribution in [0, 0.1) is 0 Å². The minimum absolute atomic E-state index is 0.259. The van der Waals surface area contributed by atoms with Crippen molar-refractivity contribution in [3.8, 4) is 0 Å². The summed E-state index contributed by atoms with van der Waals surface area (Å²) < 4.78 is 0. The molecule has 1 fully saturated rings. The average molecular weight is 262 g/mol. The molecule has 1 aromatic carbocycles. The van der Waals surface area contributed by atoms with E-state index in [1.165, 1.54) is 11.3 Å². The van der Waals surface area contributed by atoms with Gasteiger partial charge in [-0.3, -0.25) is 0 Å². The van der Waals surface area contributed by atoms with Crippen molar-refractivity contribution in [3.05, 3.63) is 29.8 Å². The second kappa shape index (κ2) is 6.92. The number of benzene rings is 1. The summed E-state index contributed by atoms with van der Waals surface area (Å²) in [5, 5.41) is 12.7. The van der Waals surface area contributed by atoms with Crippen molar-refractivity contribution in [2.45, 2.75) is 45.2 Å². The lowest BCUT2D eigenvalue weighted by atomic mass is 10.1. The second-order valence-corrected chi connectivity index (χ2v) is 5.47. The Morgan fingerprint density at radius 3 is 2.68 bits per heavy atom. The number of aryl methyl sites for hydroxylation is 1. The van der Waals surface area contributed by atoms with Crippen molar-refractivity contribution in [3.63, 3.8) is 0 Å². The molecule has 106 valence electrons. The maximum absolute atomic E-state index is 9.14. The molecule has 1 saturated heterocycles. The summed E-state index contributed by atoms with van der Waals surface area (Å²) in [5.74, 6) is 0. The average Bonchev–Trinajstić information content (AvgIpc) is 2.62. The summed E-state index contributed by atoms with van der Waals surface area (Å²) in [5.41, 5.74) is 2.69. The molecule has 2 unspecified atom stereocenters. The molecule has 0 aliphatic carbocycles. The molecule has 19 heavy (non-hydrogen) atoms. The molecule has 0 bridgehead atoms. The third-order valence-corrected chi connectivity index (χ3v) is 4.10. The normalized spacial score (nSPS) is 24.3. The molecule has 0 saturated carbocycles. The summed E-state index contributed by atoms with van der Waals surface area (Å²) in [6.07, 6.45) is 3.07. The van der Waals surface area contributed by atoms with E-state index in [0.29, 0.717) is 12.1 Å². The maximum Gasteiger partial charge on any atom is 0.0446 e. The van der Waals surface area contributed by atoms with Crippen LogP contribution < -0.4 is 10.2 Å². The number of nitrogens with one attached hydrogen (secondary N) is 1. The number of aliphatic hydroxyl groups is 1. The number of hydrogen-bond donors (Lipinski definition) is 2. The summed E-state index contributed by atoms with van der Waals surface area (Å²) >= 11 is 0. The van der Waals surface area contributed by atoms with E-state index in [1.54, 1.807) is 0 Å².